The highest BCUT2D eigenvalue weighted by atomic mass is 32.1. The van der Waals surface area contributed by atoms with Crippen molar-refractivity contribution >= 4 is 29.2 Å². The first-order valence-electron chi connectivity index (χ1n) is 7.90. The number of nitrogens with zero attached hydrogens (tertiary/aromatic N) is 2. The van der Waals surface area contributed by atoms with Gasteiger partial charge in [0.25, 0.3) is 0 Å². The molecule has 0 aromatic carbocycles. The fourth-order valence-electron chi connectivity index (χ4n) is 3.45. The quantitative estimate of drug-likeness (QED) is 0.804. The maximum atomic E-state index is 12.2. The Labute approximate surface area is 135 Å². The molecule has 1 spiro atoms. The Morgan fingerprint density at radius 1 is 1.41 bits per heavy atom. The van der Waals surface area contributed by atoms with Gasteiger partial charge in [-0.05, 0) is 37.3 Å². The summed E-state index contributed by atoms with van der Waals surface area (Å²) in [6.07, 6.45) is 6.09. The summed E-state index contributed by atoms with van der Waals surface area (Å²) >= 11 is 1.63. The van der Waals surface area contributed by atoms with Crippen molar-refractivity contribution in [1.29, 1.82) is 0 Å². The number of likely N-dealkylation sites (tertiary alicyclic amines) is 2. The molecule has 1 aromatic heterocycles. The van der Waals surface area contributed by atoms with Crippen LogP contribution in [-0.4, -0.2) is 47.8 Å². The molecule has 4 nitrogen and oxygen atoms in total. The third-order valence-electron chi connectivity index (χ3n) is 4.86. The van der Waals surface area contributed by atoms with Crippen LogP contribution in [0.15, 0.2) is 23.6 Å². The lowest BCUT2D eigenvalue weighted by atomic mass is 9.77. The summed E-state index contributed by atoms with van der Waals surface area (Å²) in [5.74, 6) is 0.361. The molecule has 1 aromatic rings. The molecule has 0 N–H and O–H groups in total. The Morgan fingerprint density at radius 3 is 2.77 bits per heavy atom. The summed E-state index contributed by atoms with van der Waals surface area (Å²) < 4.78 is 0. The number of carbonyl (C=O) groups is 2. The lowest BCUT2D eigenvalue weighted by Gasteiger charge is -2.38. The molecule has 2 saturated heterocycles. The van der Waals surface area contributed by atoms with Crippen molar-refractivity contribution in [3.63, 3.8) is 0 Å². The molecule has 0 radical (unpaired) electrons. The molecule has 3 rings (SSSR count). The van der Waals surface area contributed by atoms with E-state index in [1.165, 1.54) is 0 Å². The van der Waals surface area contributed by atoms with Gasteiger partial charge < -0.3 is 9.80 Å². The zero-order valence-corrected chi connectivity index (χ0v) is 13.8. The van der Waals surface area contributed by atoms with Crippen molar-refractivity contribution in [3.05, 3.63) is 28.5 Å². The normalized spacial score (nSPS) is 21.2. The van der Waals surface area contributed by atoms with Gasteiger partial charge in [-0.15, -0.1) is 11.3 Å². The monoisotopic (exact) mass is 318 g/mol. The van der Waals surface area contributed by atoms with E-state index in [1.807, 2.05) is 40.3 Å². The van der Waals surface area contributed by atoms with Crippen LogP contribution in [0.25, 0.3) is 6.08 Å². The van der Waals surface area contributed by atoms with Gasteiger partial charge in [-0.2, -0.15) is 0 Å². The lowest BCUT2D eigenvalue weighted by molar-refractivity contribution is -0.128. The van der Waals surface area contributed by atoms with Crippen molar-refractivity contribution in [3.8, 4) is 0 Å². The molecule has 5 heteroatoms. The molecule has 2 aliphatic heterocycles. The van der Waals surface area contributed by atoms with Gasteiger partial charge in [0.05, 0.1) is 0 Å². The first-order valence-corrected chi connectivity index (χ1v) is 8.78. The Kier molecular flexibility index (Phi) is 4.34. The predicted molar refractivity (Wildman–Crippen MR) is 88.5 cm³/mol. The minimum absolute atomic E-state index is 0.0833. The molecule has 2 aliphatic rings. The first-order chi connectivity index (χ1) is 10.6. The van der Waals surface area contributed by atoms with E-state index in [4.69, 9.17) is 0 Å². The fourth-order valence-corrected chi connectivity index (χ4v) is 4.07. The Balaban J connectivity index is 1.56. The average Bonchev–Trinajstić information content (AvgIpc) is 3.14. The molecule has 0 bridgehead atoms. The number of hydrogen-bond donors (Lipinski definition) is 0. The number of hydrogen-bond acceptors (Lipinski definition) is 3. The van der Waals surface area contributed by atoms with Gasteiger partial charge in [-0.25, -0.2) is 0 Å². The lowest BCUT2D eigenvalue weighted by Crippen LogP contribution is -2.43. The van der Waals surface area contributed by atoms with Crippen molar-refractivity contribution in [2.75, 3.05) is 26.2 Å². The predicted octanol–water partition coefficient (Wildman–Crippen LogP) is 2.62. The first kappa shape index (κ1) is 15.3. The van der Waals surface area contributed by atoms with Crippen molar-refractivity contribution in [1.82, 2.24) is 9.80 Å². The van der Waals surface area contributed by atoms with Crippen LogP contribution >= 0.6 is 11.3 Å². The van der Waals surface area contributed by atoms with Crippen LogP contribution in [0.2, 0.25) is 0 Å². The molecular weight excluding hydrogens is 296 g/mol. The van der Waals surface area contributed by atoms with E-state index in [9.17, 15) is 9.59 Å². The Bertz CT molecular complexity index is 571. The zero-order valence-electron chi connectivity index (χ0n) is 13.0. The highest BCUT2D eigenvalue weighted by Crippen LogP contribution is 2.40. The van der Waals surface area contributed by atoms with Crippen LogP contribution in [0.4, 0.5) is 0 Å². The molecule has 22 heavy (non-hydrogen) atoms. The van der Waals surface area contributed by atoms with E-state index < -0.39 is 0 Å². The van der Waals surface area contributed by atoms with Crippen molar-refractivity contribution < 1.29 is 9.59 Å². The van der Waals surface area contributed by atoms with Crippen LogP contribution < -0.4 is 0 Å². The molecule has 2 amide bonds. The SMILES string of the molecule is CCN1CC2(CCN(C(=O)/C=C/c3cccs3)CC2)CC1=O. The van der Waals surface area contributed by atoms with Gasteiger partial charge in [0.1, 0.15) is 0 Å². The van der Waals surface area contributed by atoms with Crippen LogP contribution in [0.5, 0.6) is 0 Å². The number of carbonyl (C=O) groups excluding carboxylic acids is 2. The van der Waals surface area contributed by atoms with Crippen LogP contribution in [-0.2, 0) is 9.59 Å². The van der Waals surface area contributed by atoms with E-state index in [0.29, 0.717) is 6.42 Å². The average molecular weight is 318 g/mol. The number of rotatable bonds is 3. The minimum Gasteiger partial charge on any atom is -0.342 e. The zero-order chi connectivity index (χ0) is 15.6. The highest BCUT2D eigenvalue weighted by Gasteiger charge is 2.44. The van der Waals surface area contributed by atoms with Gasteiger partial charge in [0.15, 0.2) is 0 Å². The fraction of sp³-hybridized carbons (Fsp3) is 0.529. The van der Waals surface area contributed by atoms with Crippen LogP contribution in [0, 0.1) is 5.41 Å². The molecular formula is C17H22N2O2S. The molecule has 0 saturated carbocycles. The van der Waals surface area contributed by atoms with E-state index in [-0.39, 0.29) is 17.2 Å². The van der Waals surface area contributed by atoms with E-state index in [2.05, 4.69) is 0 Å². The highest BCUT2D eigenvalue weighted by molar-refractivity contribution is 7.10. The largest absolute Gasteiger partial charge is 0.342 e. The Hall–Kier alpha value is -1.62. The summed E-state index contributed by atoms with van der Waals surface area (Å²) in [5.41, 5.74) is 0.112. The van der Waals surface area contributed by atoms with Crippen molar-refractivity contribution in [2.45, 2.75) is 26.2 Å². The summed E-state index contributed by atoms with van der Waals surface area (Å²) in [4.78, 5) is 29.2. The van der Waals surface area contributed by atoms with E-state index >= 15 is 0 Å². The molecule has 0 atom stereocenters. The number of piperidine rings is 1. The van der Waals surface area contributed by atoms with E-state index in [1.54, 1.807) is 17.4 Å². The third-order valence-corrected chi connectivity index (χ3v) is 5.69. The van der Waals surface area contributed by atoms with Gasteiger partial charge in [0.2, 0.25) is 11.8 Å². The minimum atomic E-state index is 0.0833. The summed E-state index contributed by atoms with van der Waals surface area (Å²) in [5, 5.41) is 2.01. The van der Waals surface area contributed by atoms with Crippen LogP contribution in [0.3, 0.4) is 0 Å². The second-order valence-electron chi connectivity index (χ2n) is 6.26. The van der Waals surface area contributed by atoms with Crippen LogP contribution in [0.1, 0.15) is 31.1 Å². The standard InChI is InChI=1S/C17H22N2O2S/c1-2-18-13-17(12-16(18)21)7-9-19(10-8-17)15(20)6-5-14-4-3-11-22-14/h3-6,11H,2,7-10,12-13H2,1H3/b6-5+. The van der Waals surface area contributed by atoms with Gasteiger partial charge in [0, 0.05) is 49.0 Å². The molecule has 118 valence electrons. The van der Waals surface area contributed by atoms with Gasteiger partial charge in [-0.1, -0.05) is 6.07 Å². The third kappa shape index (κ3) is 3.09. The summed E-state index contributed by atoms with van der Waals surface area (Å²) in [6.45, 7) is 5.23. The number of thiophene rings is 1. The molecule has 2 fully saturated rings. The van der Waals surface area contributed by atoms with E-state index in [0.717, 1.165) is 43.9 Å². The number of amides is 2. The molecule has 3 heterocycles. The molecule has 0 aliphatic carbocycles. The topological polar surface area (TPSA) is 40.6 Å². The summed E-state index contributed by atoms with van der Waals surface area (Å²) in [6, 6.07) is 3.99. The second-order valence-corrected chi connectivity index (χ2v) is 7.24. The molecule has 0 unspecified atom stereocenters. The second kappa shape index (κ2) is 6.24. The van der Waals surface area contributed by atoms with Crippen molar-refractivity contribution in [2.24, 2.45) is 5.41 Å². The summed E-state index contributed by atoms with van der Waals surface area (Å²) in [7, 11) is 0. The smallest absolute Gasteiger partial charge is 0.246 e. The Morgan fingerprint density at radius 2 is 2.18 bits per heavy atom. The maximum Gasteiger partial charge on any atom is 0.246 e. The van der Waals surface area contributed by atoms with Gasteiger partial charge in [-0.3, -0.25) is 9.59 Å². The maximum absolute atomic E-state index is 12.2. The van der Waals surface area contributed by atoms with Gasteiger partial charge >= 0.3 is 0 Å².